The van der Waals surface area contributed by atoms with Crippen molar-refractivity contribution in [2.45, 2.75) is 59.3 Å². The highest BCUT2D eigenvalue weighted by atomic mass is 31.2. The van der Waals surface area contributed by atoms with Gasteiger partial charge in [-0.2, -0.15) is 0 Å². The molecule has 0 aliphatic heterocycles. The van der Waals surface area contributed by atoms with Gasteiger partial charge in [-0.3, -0.25) is 4.52 Å². The van der Waals surface area contributed by atoms with Crippen molar-refractivity contribution in [3.05, 3.63) is 0 Å². The van der Waals surface area contributed by atoms with Crippen molar-refractivity contribution in [2.24, 2.45) is 0 Å². The summed E-state index contributed by atoms with van der Waals surface area (Å²) >= 11 is 0. The van der Waals surface area contributed by atoms with Gasteiger partial charge in [-0.15, -0.1) is 0 Å². The maximum atomic E-state index is 10.2. The number of hydrogen-bond donors (Lipinski definition) is 3. The van der Waals surface area contributed by atoms with E-state index in [1.54, 1.807) is 0 Å². The number of phosphoric acid groups is 1. The van der Waals surface area contributed by atoms with E-state index in [2.05, 4.69) is 11.4 Å². The molecule has 0 atom stereocenters. The molecule has 0 aliphatic carbocycles. The van der Waals surface area contributed by atoms with E-state index in [9.17, 15) is 4.57 Å². The van der Waals surface area contributed by atoms with Crippen molar-refractivity contribution in [3.63, 3.8) is 0 Å². The summed E-state index contributed by atoms with van der Waals surface area (Å²) < 4.78 is 19.4. The molecule has 0 saturated carbocycles. The van der Waals surface area contributed by atoms with Crippen molar-refractivity contribution < 1.29 is 23.6 Å². The fourth-order valence-corrected chi connectivity index (χ4v) is 1.64. The summed E-state index contributed by atoms with van der Waals surface area (Å²) in [5.41, 5.74) is 0. The van der Waals surface area contributed by atoms with E-state index in [0.29, 0.717) is 0 Å². The molecule has 0 spiro atoms. The molecule has 120 valence electrons. The first-order valence-corrected chi connectivity index (χ1v) is 8.28. The normalized spacial score (nSPS) is 10.4. The summed E-state index contributed by atoms with van der Waals surface area (Å²) in [6, 6.07) is 0. The molecule has 19 heavy (non-hydrogen) atoms. The minimum Gasteiger partial charge on any atom is -0.382 e. The van der Waals surface area contributed by atoms with Gasteiger partial charge in [0.2, 0.25) is 0 Å². The number of rotatable bonds is 10. The van der Waals surface area contributed by atoms with Crippen LogP contribution >= 0.6 is 7.82 Å². The minimum atomic E-state index is -4.23. The molecular formula is C12H32NO5P. The van der Waals surface area contributed by atoms with E-state index in [1.807, 2.05) is 13.8 Å². The summed E-state index contributed by atoms with van der Waals surface area (Å²) in [6.45, 7) is 7.98. The highest BCUT2D eigenvalue weighted by Gasteiger charge is 2.12. The molecule has 0 aromatic heterocycles. The third-order valence-corrected chi connectivity index (χ3v) is 2.68. The van der Waals surface area contributed by atoms with Crippen molar-refractivity contribution in [1.82, 2.24) is 6.15 Å². The van der Waals surface area contributed by atoms with Crippen LogP contribution < -0.4 is 6.15 Å². The predicted molar refractivity (Wildman–Crippen MR) is 78.6 cm³/mol. The van der Waals surface area contributed by atoms with Crippen LogP contribution in [0.25, 0.3) is 0 Å². The smallest absolute Gasteiger partial charge is 0.382 e. The molecule has 0 unspecified atom stereocenters. The summed E-state index contributed by atoms with van der Waals surface area (Å²) in [5.74, 6) is 0. The van der Waals surface area contributed by atoms with Gasteiger partial charge in [-0.1, -0.05) is 39.0 Å². The molecule has 5 N–H and O–H groups in total. The molecule has 6 nitrogen and oxygen atoms in total. The van der Waals surface area contributed by atoms with E-state index in [-0.39, 0.29) is 12.8 Å². The van der Waals surface area contributed by atoms with Crippen LogP contribution in [0, 0.1) is 0 Å². The molecule has 0 aromatic rings. The van der Waals surface area contributed by atoms with Crippen molar-refractivity contribution >= 4 is 7.82 Å². The second kappa shape index (κ2) is 18.0. The molecule has 0 rings (SSSR count). The zero-order valence-corrected chi connectivity index (χ0v) is 13.5. The zero-order chi connectivity index (χ0) is 14.3. The first kappa shape index (κ1) is 24.1. The highest BCUT2D eigenvalue weighted by Crippen LogP contribution is 2.35. The summed E-state index contributed by atoms with van der Waals surface area (Å²) in [4.78, 5) is 16.7. The third-order valence-electron chi connectivity index (χ3n) is 2.17. The summed E-state index contributed by atoms with van der Waals surface area (Å²) in [5, 5.41) is 0. The third kappa shape index (κ3) is 32.0. The van der Waals surface area contributed by atoms with Crippen LogP contribution in [0.5, 0.6) is 0 Å². The first-order chi connectivity index (χ1) is 8.47. The fourth-order valence-electron chi connectivity index (χ4n) is 1.27. The Kier molecular flexibility index (Phi) is 22.8. The number of unbranched alkanes of at least 4 members (excludes halogenated alkanes) is 5. The number of phosphoric ester groups is 1. The molecule has 0 aliphatic rings. The Balaban J connectivity index is -0.000000366. The molecule has 0 bridgehead atoms. The van der Waals surface area contributed by atoms with Crippen LogP contribution in [-0.4, -0.2) is 29.6 Å². The van der Waals surface area contributed by atoms with Crippen molar-refractivity contribution in [1.29, 1.82) is 0 Å². The first-order valence-electron chi connectivity index (χ1n) is 6.75. The molecule has 0 saturated heterocycles. The van der Waals surface area contributed by atoms with E-state index in [1.165, 1.54) is 19.3 Å². The average Bonchev–Trinajstić information content (AvgIpc) is 2.28. The lowest BCUT2D eigenvalue weighted by Crippen LogP contribution is -1.92. The van der Waals surface area contributed by atoms with Gasteiger partial charge < -0.3 is 20.7 Å². The average molecular weight is 301 g/mol. The van der Waals surface area contributed by atoms with Gasteiger partial charge in [0, 0.05) is 13.2 Å². The number of hydrogen-bond acceptors (Lipinski definition) is 4. The fraction of sp³-hybridized carbons (Fsp3) is 1.00. The highest BCUT2D eigenvalue weighted by molar-refractivity contribution is 7.46. The maximum absolute atomic E-state index is 10.2. The van der Waals surface area contributed by atoms with Gasteiger partial charge in [0.05, 0.1) is 6.61 Å². The lowest BCUT2D eigenvalue weighted by Gasteiger charge is -2.04. The van der Waals surface area contributed by atoms with Crippen LogP contribution in [-0.2, 0) is 13.8 Å². The second-order valence-corrected chi connectivity index (χ2v) is 5.11. The standard InChI is InChI=1S/C8H19O4P.C4H10O.H3N/c1-2-3-4-5-6-7-8-12-13(9,10)11;1-3-5-4-2;/h2-8H2,1H3,(H2,9,10,11);3-4H2,1-2H3;1H3. The van der Waals surface area contributed by atoms with E-state index < -0.39 is 7.82 Å². The Labute approximate surface area is 117 Å². The van der Waals surface area contributed by atoms with Gasteiger partial charge in [-0.05, 0) is 20.3 Å². The zero-order valence-electron chi connectivity index (χ0n) is 12.6. The van der Waals surface area contributed by atoms with Crippen LogP contribution in [0.4, 0.5) is 0 Å². The maximum Gasteiger partial charge on any atom is 0.469 e. The number of ether oxygens (including phenoxy) is 1. The Morgan fingerprint density at radius 2 is 1.37 bits per heavy atom. The Morgan fingerprint density at radius 1 is 0.895 bits per heavy atom. The molecule has 0 heterocycles. The molecule has 7 heteroatoms. The second-order valence-electron chi connectivity index (χ2n) is 3.87. The van der Waals surface area contributed by atoms with Gasteiger partial charge >= 0.3 is 7.82 Å². The van der Waals surface area contributed by atoms with Gasteiger partial charge in [0.25, 0.3) is 0 Å². The van der Waals surface area contributed by atoms with E-state index in [0.717, 1.165) is 32.5 Å². The van der Waals surface area contributed by atoms with Gasteiger partial charge in [-0.25, -0.2) is 4.57 Å². The van der Waals surface area contributed by atoms with Gasteiger partial charge in [0.15, 0.2) is 0 Å². The lowest BCUT2D eigenvalue weighted by atomic mass is 10.1. The van der Waals surface area contributed by atoms with Crippen LogP contribution in [0.2, 0.25) is 0 Å². The molecule has 0 aromatic carbocycles. The SMILES string of the molecule is CCCCCCCCOP(=O)(O)O.CCOCC.N. The van der Waals surface area contributed by atoms with Crippen LogP contribution in [0.15, 0.2) is 0 Å². The van der Waals surface area contributed by atoms with Crippen LogP contribution in [0.3, 0.4) is 0 Å². The molecule has 0 radical (unpaired) electrons. The largest absolute Gasteiger partial charge is 0.469 e. The minimum absolute atomic E-state index is 0. The topological polar surface area (TPSA) is 111 Å². The monoisotopic (exact) mass is 301 g/mol. The predicted octanol–water partition coefficient (Wildman–Crippen LogP) is 3.66. The summed E-state index contributed by atoms with van der Waals surface area (Å²) in [7, 11) is -4.23. The van der Waals surface area contributed by atoms with Gasteiger partial charge in [0.1, 0.15) is 0 Å². The Hall–Kier alpha value is 0.0300. The Bertz CT molecular complexity index is 197. The summed E-state index contributed by atoms with van der Waals surface area (Å²) in [6.07, 6.45) is 6.48. The molecule has 0 amide bonds. The van der Waals surface area contributed by atoms with E-state index >= 15 is 0 Å². The lowest BCUT2D eigenvalue weighted by molar-refractivity contribution is 0.162. The van der Waals surface area contributed by atoms with Crippen molar-refractivity contribution in [2.75, 3.05) is 19.8 Å². The quantitative estimate of drug-likeness (QED) is 0.419. The van der Waals surface area contributed by atoms with Crippen LogP contribution in [0.1, 0.15) is 59.3 Å². The molecular weight excluding hydrogens is 269 g/mol. The molecule has 0 fully saturated rings. The Morgan fingerprint density at radius 3 is 1.74 bits per heavy atom. The van der Waals surface area contributed by atoms with E-state index in [4.69, 9.17) is 14.5 Å². The van der Waals surface area contributed by atoms with Crippen molar-refractivity contribution in [3.8, 4) is 0 Å².